The fourth-order valence-corrected chi connectivity index (χ4v) is 1.62. The average molecular weight is 167 g/mol. The largest absolute Gasteiger partial charge is 0.392 e. The van der Waals surface area contributed by atoms with Crippen molar-refractivity contribution in [1.29, 1.82) is 0 Å². The van der Waals surface area contributed by atoms with E-state index in [1.54, 1.807) is 0 Å². The Morgan fingerprint density at radius 3 is 2.92 bits per heavy atom. The Kier molecular flexibility index (Phi) is 4.13. The molecule has 1 aliphatic carbocycles. The van der Waals surface area contributed by atoms with E-state index in [2.05, 4.69) is 17.2 Å². The summed E-state index contributed by atoms with van der Waals surface area (Å²) in [6.07, 6.45) is 3.98. The van der Waals surface area contributed by atoms with E-state index in [4.69, 9.17) is 0 Å². The summed E-state index contributed by atoms with van der Waals surface area (Å²) < 4.78 is 0. The van der Waals surface area contributed by atoms with Crippen molar-refractivity contribution in [3.63, 3.8) is 0 Å². The molecule has 0 heterocycles. The van der Waals surface area contributed by atoms with E-state index >= 15 is 0 Å². The molecule has 2 nitrogen and oxygen atoms in total. The highest BCUT2D eigenvalue weighted by molar-refractivity contribution is 4.95. The minimum absolute atomic E-state index is 0.125. The Morgan fingerprint density at radius 2 is 2.33 bits per heavy atom. The predicted octanol–water partition coefficient (Wildman–Crippen LogP) is 0.903. The van der Waals surface area contributed by atoms with Crippen molar-refractivity contribution >= 4 is 0 Å². The van der Waals surface area contributed by atoms with Crippen LogP contribution in [0.5, 0.6) is 0 Å². The molecule has 2 atom stereocenters. The maximum absolute atomic E-state index is 9.45. The summed E-state index contributed by atoms with van der Waals surface area (Å²) in [6.45, 7) is 2.76. The van der Waals surface area contributed by atoms with E-state index in [1.807, 2.05) is 6.92 Å². The predicted molar refractivity (Wildman–Crippen MR) is 49.7 cm³/mol. The first-order chi connectivity index (χ1) is 5.84. The van der Waals surface area contributed by atoms with Crippen LogP contribution in [-0.2, 0) is 0 Å². The zero-order valence-electron chi connectivity index (χ0n) is 7.64. The summed E-state index contributed by atoms with van der Waals surface area (Å²) in [5, 5.41) is 12.8. The number of rotatable bonds is 3. The van der Waals surface area contributed by atoms with Gasteiger partial charge in [-0.25, -0.2) is 0 Å². The molecule has 1 aliphatic rings. The van der Waals surface area contributed by atoms with Crippen molar-refractivity contribution < 1.29 is 5.11 Å². The van der Waals surface area contributed by atoms with Crippen molar-refractivity contribution in [3.8, 4) is 11.8 Å². The van der Waals surface area contributed by atoms with Crippen LogP contribution in [0.4, 0.5) is 0 Å². The van der Waals surface area contributed by atoms with E-state index in [0.29, 0.717) is 6.04 Å². The van der Waals surface area contributed by atoms with Crippen molar-refractivity contribution in [1.82, 2.24) is 5.32 Å². The van der Waals surface area contributed by atoms with Gasteiger partial charge in [0.1, 0.15) is 0 Å². The molecule has 1 saturated carbocycles. The molecule has 0 spiro atoms. The Hall–Kier alpha value is -0.520. The average Bonchev–Trinajstić information content (AvgIpc) is 2.46. The van der Waals surface area contributed by atoms with Crippen molar-refractivity contribution in [2.24, 2.45) is 0 Å². The molecule has 0 amide bonds. The highest BCUT2D eigenvalue weighted by Gasteiger charge is 2.23. The lowest BCUT2D eigenvalue weighted by atomic mass is 10.2. The van der Waals surface area contributed by atoms with Gasteiger partial charge in [0.05, 0.1) is 6.10 Å². The third-order valence-electron chi connectivity index (χ3n) is 2.31. The van der Waals surface area contributed by atoms with Gasteiger partial charge in [0.15, 0.2) is 0 Å². The molecule has 12 heavy (non-hydrogen) atoms. The van der Waals surface area contributed by atoms with Crippen LogP contribution in [-0.4, -0.2) is 23.8 Å². The maximum Gasteiger partial charge on any atom is 0.0693 e. The highest BCUT2D eigenvalue weighted by Crippen LogP contribution is 2.18. The maximum atomic E-state index is 9.45. The Labute approximate surface area is 74.4 Å². The summed E-state index contributed by atoms with van der Waals surface area (Å²) in [5.41, 5.74) is 0. The molecule has 1 fully saturated rings. The van der Waals surface area contributed by atoms with E-state index < -0.39 is 0 Å². The van der Waals surface area contributed by atoms with Gasteiger partial charge in [-0.05, 0) is 26.2 Å². The molecule has 0 bridgehead atoms. The third-order valence-corrected chi connectivity index (χ3v) is 2.31. The molecule has 2 unspecified atom stereocenters. The molecular weight excluding hydrogens is 150 g/mol. The summed E-state index contributed by atoms with van der Waals surface area (Å²) in [5.74, 6) is 5.84. The molecule has 0 saturated heterocycles. The van der Waals surface area contributed by atoms with Crippen LogP contribution in [0.1, 0.15) is 32.6 Å². The van der Waals surface area contributed by atoms with Crippen LogP contribution in [0.25, 0.3) is 0 Å². The SMILES string of the molecule is CC#CCCNC1CCCC1O. The van der Waals surface area contributed by atoms with Gasteiger partial charge >= 0.3 is 0 Å². The molecule has 0 aliphatic heterocycles. The first kappa shape index (κ1) is 9.57. The molecule has 0 aromatic rings. The smallest absolute Gasteiger partial charge is 0.0693 e. The Balaban J connectivity index is 2.08. The summed E-state index contributed by atoms with van der Waals surface area (Å²) in [7, 11) is 0. The van der Waals surface area contributed by atoms with E-state index in [1.165, 1.54) is 0 Å². The second-order valence-electron chi connectivity index (χ2n) is 3.24. The standard InChI is InChI=1S/C10H17NO/c1-2-3-4-8-11-9-6-5-7-10(9)12/h9-12H,4-8H2,1H3. The van der Waals surface area contributed by atoms with Gasteiger partial charge in [0.25, 0.3) is 0 Å². The Morgan fingerprint density at radius 1 is 1.50 bits per heavy atom. The zero-order chi connectivity index (χ0) is 8.81. The second kappa shape index (κ2) is 5.18. The first-order valence-corrected chi connectivity index (χ1v) is 4.65. The Bertz CT molecular complexity index is 180. The van der Waals surface area contributed by atoms with Gasteiger partial charge in [-0.3, -0.25) is 0 Å². The summed E-state index contributed by atoms with van der Waals surface area (Å²) in [4.78, 5) is 0. The minimum Gasteiger partial charge on any atom is -0.392 e. The van der Waals surface area contributed by atoms with Gasteiger partial charge in [0, 0.05) is 19.0 Å². The molecule has 2 heteroatoms. The van der Waals surface area contributed by atoms with E-state index in [9.17, 15) is 5.11 Å². The molecular formula is C10H17NO. The number of aliphatic hydroxyl groups excluding tert-OH is 1. The first-order valence-electron chi connectivity index (χ1n) is 4.65. The van der Waals surface area contributed by atoms with E-state index in [-0.39, 0.29) is 6.10 Å². The minimum atomic E-state index is -0.125. The van der Waals surface area contributed by atoms with Crippen molar-refractivity contribution in [3.05, 3.63) is 0 Å². The quantitative estimate of drug-likeness (QED) is 0.483. The monoisotopic (exact) mass is 167 g/mol. The van der Waals surface area contributed by atoms with Crippen LogP contribution in [0.3, 0.4) is 0 Å². The van der Waals surface area contributed by atoms with Crippen LogP contribution < -0.4 is 5.32 Å². The molecule has 0 radical (unpaired) electrons. The molecule has 0 aromatic heterocycles. The van der Waals surface area contributed by atoms with Gasteiger partial charge in [-0.15, -0.1) is 11.8 Å². The van der Waals surface area contributed by atoms with Crippen LogP contribution in [0.2, 0.25) is 0 Å². The van der Waals surface area contributed by atoms with Crippen LogP contribution in [0.15, 0.2) is 0 Å². The van der Waals surface area contributed by atoms with Crippen LogP contribution >= 0.6 is 0 Å². The summed E-state index contributed by atoms with van der Waals surface area (Å²) in [6, 6.07) is 0.323. The van der Waals surface area contributed by atoms with Crippen LogP contribution in [0, 0.1) is 11.8 Å². The second-order valence-corrected chi connectivity index (χ2v) is 3.24. The molecule has 2 N–H and O–H groups in total. The third kappa shape index (κ3) is 2.84. The lowest BCUT2D eigenvalue weighted by molar-refractivity contribution is 0.150. The number of hydrogen-bond donors (Lipinski definition) is 2. The van der Waals surface area contributed by atoms with Gasteiger partial charge < -0.3 is 10.4 Å². The van der Waals surface area contributed by atoms with Gasteiger partial charge in [0.2, 0.25) is 0 Å². The highest BCUT2D eigenvalue weighted by atomic mass is 16.3. The lowest BCUT2D eigenvalue weighted by Gasteiger charge is -2.14. The summed E-state index contributed by atoms with van der Waals surface area (Å²) >= 11 is 0. The molecule has 68 valence electrons. The van der Waals surface area contributed by atoms with E-state index in [0.717, 1.165) is 32.2 Å². The zero-order valence-corrected chi connectivity index (χ0v) is 7.64. The number of aliphatic hydroxyl groups is 1. The van der Waals surface area contributed by atoms with Gasteiger partial charge in [-0.1, -0.05) is 0 Å². The number of nitrogens with one attached hydrogen (secondary N) is 1. The molecule has 0 aromatic carbocycles. The molecule has 1 rings (SSSR count). The fraction of sp³-hybridized carbons (Fsp3) is 0.800. The normalized spacial score (nSPS) is 28.2. The number of hydrogen-bond acceptors (Lipinski definition) is 2. The fourth-order valence-electron chi connectivity index (χ4n) is 1.62. The topological polar surface area (TPSA) is 32.3 Å². The lowest BCUT2D eigenvalue weighted by Crippen LogP contribution is -2.35. The van der Waals surface area contributed by atoms with Crippen molar-refractivity contribution in [2.75, 3.05) is 6.54 Å². The van der Waals surface area contributed by atoms with Crippen molar-refractivity contribution in [2.45, 2.75) is 44.8 Å². The van der Waals surface area contributed by atoms with Gasteiger partial charge in [-0.2, -0.15) is 0 Å².